The topological polar surface area (TPSA) is 20.2 Å². The van der Waals surface area contributed by atoms with Crippen LogP contribution in [-0.4, -0.2) is 11.2 Å². The molecule has 0 aliphatic carbocycles. The second kappa shape index (κ2) is 7.24. The summed E-state index contributed by atoms with van der Waals surface area (Å²) < 4.78 is 0. The van der Waals surface area contributed by atoms with Gasteiger partial charge in [0.25, 0.3) is 0 Å². The van der Waals surface area contributed by atoms with E-state index in [9.17, 15) is 5.11 Å². The Morgan fingerprint density at radius 2 is 1.93 bits per heavy atom. The molecule has 0 fully saturated rings. The summed E-state index contributed by atoms with van der Waals surface area (Å²) in [5.74, 6) is 0. The van der Waals surface area contributed by atoms with Gasteiger partial charge in [0.1, 0.15) is 0 Å². The van der Waals surface area contributed by atoms with Gasteiger partial charge in [-0.15, -0.1) is 0 Å². The molecule has 82 valence electrons. The molecule has 1 nitrogen and oxygen atoms in total. The summed E-state index contributed by atoms with van der Waals surface area (Å²) in [6.45, 7) is 1.94. The van der Waals surface area contributed by atoms with E-state index in [0.717, 1.165) is 25.7 Å². The standard InChI is InChI=1S/C14H20O/c1-2-8-14(15)12-7-6-11-13-9-4-3-5-10-13/h2-5,8-10,14-15H,6-7,11-12H2,1H3/t14-/m1/s1. The molecular weight excluding hydrogens is 184 g/mol. The quantitative estimate of drug-likeness (QED) is 0.556. The van der Waals surface area contributed by atoms with Crippen LogP contribution in [0.3, 0.4) is 0 Å². The third-order valence-electron chi connectivity index (χ3n) is 2.47. The maximum atomic E-state index is 9.46. The number of aryl methyl sites for hydroxylation is 1. The minimum atomic E-state index is -0.259. The average molecular weight is 204 g/mol. The summed E-state index contributed by atoms with van der Waals surface area (Å²) in [7, 11) is 0. The smallest absolute Gasteiger partial charge is 0.0720 e. The number of rotatable bonds is 6. The summed E-state index contributed by atoms with van der Waals surface area (Å²) in [5, 5.41) is 9.46. The van der Waals surface area contributed by atoms with Gasteiger partial charge in [-0.25, -0.2) is 0 Å². The fourth-order valence-electron chi connectivity index (χ4n) is 1.65. The summed E-state index contributed by atoms with van der Waals surface area (Å²) in [6.07, 6.45) is 7.72. The van der Waals surface area contributed by atoms with E-state index in [0.29, 0.717) is 0 Å². The zero-order valence-electron chi connectivity index (χ0n) is 9.39. The summed E-state index contributed by atoms with van der Waals surface area (Å²) in [4.78, 5) is 0. The van der Waals surface area contributed by atoms with Gasteiger partial charge >= 0.3 is 0 Å². The van der Waals surface area contributed by atoms with Gasteiger partial charge in [0.15, 0.2) is 0 Å². The van der Waals surface area contributed by atoms with E-state index in [2.05, 4.69) is 24.3 Å². The maximum absolute atomic E-state index is 9.46. The first-order valence-corrected chi connectivity index (χ1v) is 5.67. The predicted molar refractivity (Wildman–Crippen MR) is 64.8 cm³/mol. The van der Waals surface area contributed by atoms with Crippen molar-refractivity contribution >= 4 is 0 Å². The number of hydrogen-bond acceptors (Lipinski definition) is 1. The van der Waals surface area contributed by atoms with Crippen LogP contribution in [0.1, 0.15) is 31.7 Å². The van der Waals surface area contributed by atoms with Crippen molar-refractivity contribution in [2.24, 2.45) is 0 Å². The molecule has 1 atom stereocenters. The first kappa shape index (κ1) is 12.0. The minimum Gasteiger partial charge on any atom is -0.389 e. The monoisotopic (exact) mass is 204 g/mol. The van der Waals surface area contributed by atoms with E-state index in [-0.39, 0.29) is 6.10 Å². The largest absolute Gasteiger partial charge is 0.389 e. The molecule has 1 aromatic carbocycles. The molecule has 1 N–H and O–H groups in total. The molecular formula is C14H20O. The van der Waals surface area contributed by atoms with Crippen LogP contribution in [0.15, 0.2) is 42.5 Å². The van der Waals surface area contributed by atoms with E-state index >= 15 is 0 Å². The van der Waals surface area contributed by atoms with Crippen LogP contribution >= 0.6 is 0 Å². The van der Waals surface area contributed by atoms with Gasteiger partial charge in [-0.1, -0.05) is 48.9 Å². The lowest BCUT2D eigenvalue weighted by molar-refractivity contribution is 0.208. The Morgan fingerprint density at radius 3 is 2.60 bits per heavy atom. The molecule has 0 saturated carbocycles. The molecule has 0 aliphatic rings. The van der Waals surface area contributed by atoms with Gasteiger partial charge in [-0.3, -0.25) is 0 Å². The SMILES string of the molecule is CC=C[C@@H](O)CCCCc1ccccc1. The van der Waals surface area contributed by atoms with Crippen molar-refractivity contribution in [1.82, 2.24) is 0 Å². The van der Waals surface area contributed by atoms with Crippen LogP contribution in [-0.2, 0) is 6.42 Å². The van der Waals surface area contributed by atoms with Crippen molar-refractivity contribution in [1.29, 1.82) is 0 Å². The summed E-state index contributed by atoms with van der Waals surface area (Å²) in [5.41, 5.74) is 1.39. The molecule has 0 aliphatic heterocycles. The van der Waals surface area contributed by atoms with Crippen LogP contribution in [0.2, 0.25) is 0 Å². The Morgan fingerprint density at radius 1 is 1.20 bits per heavy atom. The highest BCUT2D eigenvalue weighted by atomic mass is 16.3. The van der Waals surface area contributed by atoms with Crippen LogP contribution in [0.5, 0.6) is 0 Å². The maximum Gasteiger partial charge on any atom is 0.0720 e. The van der Waals surface area contributed by atoms with Crippen molar-refractivity contribution in [3.63, 3.8) is 0 Å². The van der Waals surface area contributed by atoms with Gasteiger partial charge in [0.2, 0.25) is 0 Å². The highest BCUT2D eigenvalue weighted by molar-refractivity contribution is 5.14. The lowest BCUT2D eigenvalue weighted by Crippen LogP contribution is -2.01. The van der Waals surface area contributed by atoms with Gasteiger partial charge in [0, 0.05) is 0 Å². The molecule has 0 unspecified atom stereocenters. The molecule has 0 radical (unpaired) electrons. The van der Waals surface area contributed by atoms with Crippen molar-refractivity contribution in [3.8, 4) is 0 Å². The van der Waals surface area contributed by atoms with Gasteiger partial charge in [0.05, 0.1) is 6.10 Å². The lowest BCUT2D eigenvalue weighted by Gasteiger charge is -2.05. The van der Waals surface area contributed by atoms with E-state index in [1.165, 1.54) is 5.56 Å². The molecule has 1 heteroatoms. The number of hydrogen-bond donors (Lipinski definition) is 1. The van der Waals surface area contributed by atoms with E-state index in [1.807, 2.05) is 25.1 Å². The molecule has 0 amide bonds. The third kappa shape index (κ3) is 5.38. The Balaban J connectivity index is 2.12. The second-order valence-electron chi connectivity index (χ2n) is 3.82. The van der Waals surface area contributed by atoms with Crippen LogP contribution < -0.4 is 0 Å². The van der Waals surface area contributed by atoms with E-state index < -0.39 is 0 Å². The Bertz CT molecular complexity index is 277. The zero-order chi connectivity index (χ0) is 10.9. The molecule has 0 bridgehead atoms. The normalized spacial score (nSPS) is 13.2. The molecule has 0 saturated heterocycles. The van der Waals surface area contributed by atoms with E-state index in [4.69, 9.17) is 0 Å². The number of aliphatic hydroxyl groups excluding tert-OH is 1. The molecule has 0 spiro atoms. The number of unbranched alkanes of at least 4 members (excludes halogenated alkanes) is 1. The minimum absolute atomic E-state index is 0.259. The van der Waals surface area contributed by atoms with Crippen molar-refractivity contribution in [3.05, 3.63) is 48.0 Å². The van der Waals surface area contributed by atoms with Gasteiger partial charge in [-0.05, 0) is 31.7 Å². The third-order valence-corrected chi connectivity index (χ3v) is 2.47. The summed E-state index contributed by atoms with van der Waals surface area (Å²) in [6, 6.07) is 10.5. The first-order valence-electron chi connectivity index (χ1n) is 5.67. The molecule has 15 heavy (non-hydrogen) atoms. The van der Waals surface area contributed by atoms with Crippen LogP contribution in [0.25, 0.3) is 0 Å². The fraction of sp³-hybridized carbons (Fsp3) is 0.429. The number of allylic oxidation sites excluding steroid dienone is 1. The Labute approximate surface area is 92.5 Å². The van der Waals surface area contributed by atoms with E-state index in [1.54, 1.807) is 0 Å². The second-order valence-corrected chi connectivity index (χ2v) is 3.82. The molecule has 1 aromatic rings. The highest BCUT2D eigenvalue weighted by Crippen LogP contribution is 2.08. The van der Waals surface area contributed by atoms with Crippen molar-refractivity contribution in [2.45, 2.75) is 38.7 Å². The Hall–Kier alpha value is -1.08. The van der Waals surface area contributed by atoms with Crippen molar-refractivity contribution < 1.29 is 5.11 Å². The highest BCUT2D eigenvalue weighted by Gasteiger charge is 1.98. The predicted octanol–water partition coefficient (Wildman–Crippen LogP) is 3.34. The van der Waals surface area contributed by atoms with Gasteiger partial charge < -0.3 is 5.11 Å². The van der Waals surface area contributed by atoms with Crippen LogP contribution in [0.4, 0.5) is 0 Å². The fourth-order valence-corrected chi connectivity index (χ4v) is 1.65. The number of benzene rings is 1. The summed E-state index contributed by atoms with van der Waals surface area (Å²) >= 11 is 0. The average Bonchev–Trinajstić information content (AvgIpc) is 2.26. The molecule has 1 rings (SSSR count). The molecule has 0 heterocycles. The lowest BCUT2D eigenvalue weighted by atomic mass is 10.1. The van der Waals surface area contributed by atoms with Crippen molar-refractivity contribution in [2.75, 3.05) is 0 Å². The number of aliphatic hydroxyl groups is 1. The van der Waals surface area contributed by atoms with Gasteiger partial charge in [-0.2, -0.15) is 0 Å². The first-order chi connectivity index (χ1) is 7.33. The molecule has 0 aromatic heterocycles. The zero-order valence-corrected chi connectivity index (χ0v) is 9.39. The Kier molecular flexibility index (Phi) is 5.79. The van der Waals surface area contributed by atoms with Crippen LogP contribution in [0, 0.1) is 0 Å².